The van der Waals surface area contributed by atoms with Crippen molar-refractivity contribution in [3.63, 3.8) is 0 Å². The molecule has 0 bridgehead atoms. The first kappa shape index (κ1) is 14.8. The molecule has 0 aliphatic heterocycles. The van der Waals surface area contributed by atoms with E-state index in [0.717, 1.165) is 20.9 Å². The van der Waals surface area contributed by atoms with E-state index in [0.29, 0.717) is 23.2 Å². The van der Waals surface area contributed by atoms with Crippen LogP contribution >= 0.6 is 15.9 Å². The zero-order valence-electron chi connectivity index (χ0n) is 12.7. The number of nitrogens with zero attached hydrogens (tertiary/aromatic N) is 3. The van der Waals surface area contributed by atoms with E-state index in [4.69, 9.17) is 9.26 Å². The minimum absolute atomic E-state index is 0.438. The topological polar surface area (TPSA) is 61.0 Å². The molecule has 2 heterocycles. The Balaban J connectivity index is 1.85. The number of para-hydroxylation sites is 1. The van der Waals surface area contributed by atoms with Gasteiger partial charge in [-0.25, -0.2) is 4.98 Å². The summed E-state index contributed by atoms with van der Waals surface area (Å²) in [6.07, 6.45) is 0. The third-order valence-electron chi connectivity index (χ3n) is 3.65. The van der Waals surface area contributed by atoms with Crippen molar-refractivity contribution in [2.75, 3.05) is 7.11 Å². The van der Waals surface area contributed by atoms with E-state index in [2.05, 4.69) is 31.1 Å². The number of fused-ring (bicyclic) bond motifs is 1. The second-order valence-electron chi connectivity index (χ2n) is 5.14. The number of rotatable bonds is 3. The van der Waals surface area contributed by atoms with E-state index in [1.807, 2.05) is 54.6 Å². The van der Waals surface area contributed by atoms with E-state index in [9.17, 15) is 0 Å². The van der Waals surface area contributed by atoms with Gasteiger partial charge in [0.25, 0.3) is 5.89 Å². The third kappa shape index (κ3) is 2.55. The Morgan fingerprint density at radius 1 is 0.958 bits per heavy atom. The number of benzene rings is 2. The van der Waals surface area contributed by atoms with Gasteiger partial charge in [-0.05, 0) is 40.2 Å². The van der Waals surface area contributed by atoms with Gasteiger partial charge in [-0.2, -0.15) is 4.98 Å². The first-order valence-corrected chi connectivity index (χ1v) is 8.08. The van der Waals surface area contributed by atoms with Crippen molar-refractivity contribution in [1.29, 1.82) is 0 Å². The van der Waals surface area contributed by atoms with Crippen molar-refractivity contribution < 1.29 is 9.26 Å². The molecule has 6 heteroatoms. The zero-order valence-corrected chi connectivity index (χ0v) is 14.3. The second-order valence-corrected chi connectivity index (χ2v) is 6.00. The van der Waals surface area contributed by atoms with Crippen LogP contribution in [-0.4, -0.2) is 22.2 Å². The molecule has 2 aromatic carbocycles. The number of hydrogen-bond acceptors (Lipinski definition) is 5. The first-order valence-electron chi connectivity index (χ1n) is 7.29. The average Bonchev–Trinajstić information content (AvgIpc) is 3.10. The molecule has 0 spiro atoms. The van der Waals surface area contributed by atoms with E-state index < -0.39 is 0 Å². The Labute approximate surface area is 146 Å². The standard InChI is InChI=1S/C18H12BrN3O2/c1-23-17-13(10-11-6-2-5-9-15(11)20-17)16-21-18(24-22-16)12-7-3-4-8-14(12)19/h2-10H,1H3. The van der Waals surface area contributed by atoms with Gasteiger partial charge in [0.15, 0.2) is 0 Å². The van der Waals surface area contributed by atoms with Gasteiger partial charge < -0.3 is 9.26 Å². The van der Waals surface area contributed by atoms with Gasteiger partial charge in [-0.15, -0.1) is 0 Å². The maximum atomic E-state index is 5.42. The molecular formula is C18H12BrN3O2. The fourth-order valence-electron chi connectivity index (χ4n) is 2.49. The first-order chi connectivity index (χ1) is 11.8. The van der Waals surface area contributed by atoms with Crippen LogP contribution in [0.5, 0.6) is 5.88 Å². The molecular weight excluding hydrogens is 370 g/mol. The smallest absolute Gasteiger partial charge is 0.259 e. The lowest BCUT2D eigenvalue weighted by molar-refractivity contribution is 0.399. The quantitative estimate of drug-likeness (QED) is 0.513. The number of aromatic nitrogens is 3. The highest BCUT2D eigenvalue weighted by Gasteiger charge is 2.17. The summed E-state index contributed by atoms with van der Waals surface area (Å²) in [4.78, 5) is 9.02. The van der Waals surface area contributed by atoms with E-state index in [-0.39, 0.29) is 0 Å². The molecule has 0 aliphatic rings. The number of halogens is 1. The largest absolute Gasteiger partial charge is 0.480 e. The summed E-state index contributed by atoms with van der Waals surface area (Å²) in [7, 11) is 1.58. The van der Waals surface area contributed by atoms with Crippen molar-refractivity contribution in [2.24, 2.45) is 0 Å². The Kier molecular flexibility index (Phi) is 3.74. The number of methoxy groups -OCH3 is 1. The van der Waals surface area contributed by atoms with Crippen molar-refractivity contribution in [3.8, 4) is 28.7 Å². The molecule has 24 heavy (non-hydrogen) atoms. The summed E-state index contributed by atoms with van der Waals surface area (Å²) in [5, 5.41) is 5.08. The highest BCUT2D eigenvalue weighted by atomic mass is 79.9. The van der Waals surface area contributed by atoms with E-state index >= 15 is 0 Å². The fourth-order valence-corrected chi connectivity index (χ4v) is 2.95. The zero-order chi connectivity index (χ0) is 16.5. The Morgan fingerprint density at radius 2 is 1.75 bits per heavy atom. The van der Waals surface area contributed by atoms with Crippen molar-refractivity contribution in [1.82, 2.24) is 15.1 Å². The Bertz CT molecular complexity index is 1030. The molecule has 0 saturated heterocycles. The lowest BCUT2D eigenvalue weighted by Crippen LogP contribution is -1.94. The summed E-state index contributed by atoms with van der Waals surface area (Å²) in [6, 6.07) is 17.5. The molecule has 0 unspecified atom stereocenters. The monoisotopic (exact) mass is 381 g/mol. The molecule has 4 rings (SSSR count). The summed E-state index contributed by atoms with van der Waals surface area (Å²) >= 11 is 3.49. The molecule has 0 saturated carbocycles. The second kappa shape index (κ2) is 6.05. The molecule has 5 nitrogen and oxygen atoms in total. The highest BCUT2D eigenvalue weighted by molar-refractivity contribution is 9.10. The Morgan fingerprint density at radius 3 is 2.58 bits per heavy atom. The molecule has 0 aliphatic carbocycles. The van der Waals surface area contributed by atoms with Crippen LogP contribution in [0.25, 0.3) is 33.7 Å². The fraction of sp³-hybridized carbons (Fsp3) is 0.0556. The van der Waals surface area contributed by atoms with Crippen molar-refractivity contribution >= 4 is 26.8 Å². The Hall–Kier alpha value is -2.73. The maximum absolute atomic E-state index is 5.42. The van der Waals surface area contributed by atoms with Crippen molar-refractivity contribution in [2.45, 2.75) is 0 Å². The molecule has 0 fully saturated rings. The van der Waals surface area contributed by atoms with Gasteiger partial charge >= 0.3 is 0 Å². The van der Waals surface area contributed by atoms with Crippen LogP contribution < -0.4 is 4.74 Å². The van der Waals surface area contributed by atoms with Crippen LogP contribution in [0.1, 0.15) is 0 Å². The third-order valence-corrected chi connectivity index (χ3v) is 4.35. The molecule has 4 aromatic rings. The normalized spacial score (nSPS) is 10.9. The minimum atomic E-state index is 0.438. The van der Waals surface area contributed by atoms with Gasteiger partial charge in [-0.3, -0.25) is 0 Å². The predicted molar refractivity (Wildman–Crippen MR) is 94.7 cm³/mol. The summed E-state index contributed by atoms with van der Waals surface area (Å²) in [5.74, 6) is 1.34. The summed E-state index contributed by atoms with van der Waals surface area (Å²) in [6.45, 7) is 0. The summed E-state index contributed by atoms with van der Waals surface area (Å²) in [5.41, 5.74) is 2.38. The van der Waals surface area contributed by atoms with Crippen LogP contribution in [0, 0.1) is 0 Å². The van der Waals surface area contributed by atoms with Crippen LogP contribution in [0.2, 0.25) is 0 Å². The lowest BCUT2D eigenvalue weighted by atomic mass is 10.1. The van der Waals surface area contributed by atoms with Gasteiger partial charge in [0, 0.05) is 9.86 Å². The molecule has 118 valence electrons. The van der Waals surface area contributed by atoms with E-state index in [1.54, 1.807) is 7.11 Å². The van der Waals surface area contributed by atoms with Gasteiger partial charge in [0.05, 0.1) is 23.8 Å². The average molecular weight is 382 g/mol. The minimum Gasteiger partial charge on any atom is -0.480 e. The maximum Gasteiger partial charge on any atom is 0.259 e. The van der Waals surface area contributed by atoms with Crippen LogP contribution in [-0.2, 0) is 0 Å². The highest BCUT2D eigenvalue weighted by Crippen LogP contribution is 2.32. The lowest BCUT2D eigenvalue weighted by Gasteiger charge is -2.06. The number of ether oxygens (including phenoxy) is 1. The predicted octanol–water partition coefficient (Wildman–Crippen LogP) is 4.72. The number of hydrogen-bond donors (Lipinski definition) is 0. The van der Waals surface area contributed by atoms with Crippen molar-refractivity contribution in [3.05, 3.63) is 59.1 Å². The van der Waals surface area contributed by atoms with Gasteiger partial charge in [0.1, 0.15) is 0 Å². The molecule has 2 aromatic heterocycles. The molecule has 0 amide bonds. The SMILES string of the molecule is COc1nc2ccccc2cc1-c1noc(-c2ccccc2Br)n1. The molecule has 0 N–H and O–H groups in total. The van der Waals surface area contributed by atoms with Crippen LogP contribution in [0.3, 0.4) is 0 Å². The van der Waals surface area contributed by atoms with E-state index in [1.165, 1.54) is 0 Å². The van der Waals surface area contributed by atoms with Gasteiger partial charge in [0.2, 0.25) is 11.7 Å². The molecule has 0 atom stereocenters. The van der Waals surface area contributed by atoms with Crippen LogP contribution in [0.15, 0.2) is 63.6 Å². The van der Waals surface area contributed by atoms with Crippen LogP contribution in [0.4, 0.5) is 0 Å². The molecule has 0 radical (unpaired) electrons. The van der Waals surface area contributed by atoms with Gasteiger partial charge in [-0.1, -0.05) is 35.5 Å². The number of pyridine rings is 1. The summed E-state index contributed by atoms with van der Waals surface area (Å²) < 4.78 is 11.7.